The molecule has 0 amide bonds. The fraction of sp³-hybridized carbons (Fsp3) is 1.00. The first-order chi connectivity index (χ1) is 5.14. The zero-order chi connectivity index (χ0) is 8.48. The van der Waals surface area contributed by atoms with Crippen LogP contribution in [0.15, 0.2) is 5.29 Å². The summed E-state index contributed by atoms with van der Waals surface area (Å²) >= 11 is 0. The van der Waals surface area contributed by atoms with E-state index in [0.29, 0.717) is 6.42 Å². The Morgan fingerprint density at radius 1 is 1.73 bits per heavy atom. The molecule has 1 aliphatic heterocycles. The van der Waals surface area contributed by atoms with E-state index in [0.717, 1.165) is 5.01 Å². The van der Waals surface area contributed by atoms with Gasteiger partial charge in [0.05, 0.1) is 5.29 Å². The van der Waals surface area contributed by atoms with Crippen molar-refractivity contribution in [3.63, 3.8) is 0 Å². The van der Waals surface area contributed by atoms with Crippen LogP contribution in [-0.2, 0) is 0 Å². The Kier molecular flexibility index (Phi) is 1.76. The normalized spacial score (nSPS) is 20.6. The molecule has 0 radical (unpaired) electrons. The predicted molar refractivity (Wildman–Crippen MR) is 37.4 cm³/mol. The fourth-order valence-electron chi connectivity index (χ4n) is 1.16. The van der Waals surface area contributed by atoms with Crippen LogP contribution >= 0.6 is 0 Å². The third-order valence-electron chi connectivity index (χ3n) is 2.11. The van der Waals surface area contributed by atoms with Crippen molar-refractivity contribution in [3.05, 3.63) is 15.0 Å². The molecule has 6 nitrogen and oxygen atoms in total. The van der Waals surface area contributed by atoms with Crippen molar-refractivity contribution in [2.24, 2.45) is 5.29 Å². The summed E-state index contributed by atoms with van der Waals surface area (Å²) in [5.41, 5.74) is -0.909. The SMILES string of the molecule is CCC1([N+](=O)[O-])CN(N=O)C1. The van der Waals surface area contributed by atoms with Crippen LogP contribution < -0.4 is 0 Å². The Balaban J connectivity index is 2.56. The molecule has 0 atom stereocenters. The number of hydrogen-bond acceptors (Lipinski definition) is 4. The summed E-state index contributed by atoms with van der Waals surface area (Å²) in [6, 6.07) is 0. The molecule has 1 fully saturated rings. The van der Waals surface area contributed by atoms with E-state index in [1.54, 1.807) is 6.92 Å². The Hall–Kier alpha value is -1.20. The lowest BCUT2D eigenvalue weighted by molar-refractivity contribution is -0.589. The van der Waals surface area contributed by atoms with Crippen molar-refractivity contribution >= 4 is 0 Å². The van der Waals surface area contributed by atoms with Crippen molar-refractivity contribution in [3.8, 4) is 0 Å². The van der Waals surface area contributed by atoms with Crippen molar-refractivity contribution in [1.82, 2.24) is 5.01 Å². The quantitative estimate of drug-likeness (QED) is 0.339. The lowest BCUT2D eigenvalue weighted by atomic mass is 9.90. The summed E-state index contributed by atoms with van der Waals surface area (Å²) in [5.74, 6) is 0. The second kappa shape index (κ2) is 2.44. The average molecular weight is 159 g/mol. The molecule has 1 heterocycles. The van der Waals surface area contributed by atoms with E-state index in [1.165, 1.54) is 0 Å². The Morgan fingerprint density at radius 2 is 2.27 bits per heavy atom. The van der Waals surface area contributed by atoms with Crippen LogP contribution in [0.2, 0.25) is 0 Å². The molecule has 1 rings (SSSR count). The van der Waals surface area contributed by atoms with E-state index in [4.69, 9.17) is 0 Å². The molecular weight excluding hydrogens is 150 g/mol. The molecule has 0 aromatic rings. The van der Waals surface area contributed by atoms with Gasteiger partial charge >= 0.3 is 0 Å². The molecule has 0 aliphatic carbocycles. The molecule has 0 aromatic heterocycles. The van der Waals surface area contributed by atoms with Gasteiger partial charge in [0.25, 0.3) is 5.54 Å². The maximum atomic E-state index is 10.4. The minimum atomic E-state index is -0.909. The topological polar surface area (TPSA) is 75.8 Å². The maximum Gasteiger partial charge on any atom is 0.259 e. The van der Waals surface area contributed by atoms with E-state index < -0.39 is 5.54 Å². The maximum absolute atomic E-state index is 10.4. The molecule has 6 heteroatoms. The van der Waals surface area contributed by atoms with E-state index in [9.17, 15) is 15.0 Å². The summed E-state index contributed by atoms with van der Waals surface area (Å²) < 4.78 is 0. The predicted octanol–water partition coefficient (Wildman–Crippen LogP) is 0.409. The van der Waals surface area contributed by atoms with Gasteiger partial charge in [-0.25, -0.2) is 5.01 Å². The van der Waals surface area contributed by atoms with E-state index in [1.807, 2.05) is 0 Å². The third-order valence-corrected chi connectivity index (χ3v) is 2.11. The van der Waals surface area contributed by atoms with Crippen LogP contribution in [0.3, 0.4) is 0 Å². The first-order valence-corrected chi connectivity index (χ1v) is 3.37. The summed E-state index contributed by atoms with van der Waals surface area (Å²) in [4.78, 5) is 20.0. The van der Waals surface area contributed by atoms with Crippen LogP contribution in [0.4, 0.5) is 0 Å². The van der Waals surface area contributed by atoms with Crippen molar-refractivity contribution in [1.29, 1.82) is 0 Å². The van der Waals surface area contributed by atoms with Gasteiger partial charge in [-0.3, -0.25) is 10.1 Å². The first-order valence-electron chi connectivity index (χ1n) is 3.37. The van der Waals surface area contributed by atoms with Crippen LogP contribution in [0, 0.1) is 15.0 Å². The lowest BCUT2D eigenvalue weighted by Crippen LogP contribution is -2.63. The van der Waals surface area contributed by atoms with E-state index >= 15 is 0 Å². The summed E-state index contributed by atoms with van der Waals surface area (Å²) in [6.07, 6.45) is 0.450. The minimum absolute atomic E-state index is 0.153. The van der Waals surface area contributed by atoms with Crippen LogP contribution in [0.5, 0.6) is 0 Å². The Labute approximate surface area is 63.3 Å². The van der Waals surface area contributed by atoms with Gasteiger partial charge in [-0.15, -0.1) is 4.91 Å². The molecular formula is C5H9N3O3. The molecule has 62 valence electrons. The van der Waals surface area contributed by atoms with Gasteiger partial charge in [0.2, 0.25) is 0 Å². The lowest BCUT2D eigenvalue weighted by Gasteiger charge is -2.38. The molecule has 0 saturated carbocycles. The molecule has 0 aromatic carbocycles. The first kappa shape index (κ1) is 7.90. The second-order valence-electron chi connectivity index (χ2n) is 2.74. The molecule has 0 N–H and O–H groups in total. The highest BCUT2D eigenvalue weighted by atomic mass is 16.6. The number of nitroso groups, excluding NO2 is 1. The Morgan fingerprint density at radius 3 is 2.55 bits per heavy atom. The molecule has 1 saturated heterocycles. The monoisotopic (exact) mass is 159 g/mol. The van der Waals surface area contributed by atoms with E-state index in [-0.39, 0.29) is 18.0 Å². The molecule has 0 spiro atoms. The Bertz CT molecular complexity index is 187. The number of nitro groups is 1. The van der Waals surface area contributed by atoms with E-state index in [2.05, 4.69) is 5.29 Å². The van der Waals surface area contributed by atoms with Gasteiger partial charge in [0, 0.05) is 11.3 Å². The van der Waals surface area contributed by atoms with Crippen molar-refractivity contribution in [2.45, 2.75) is 18.9 Å². The molecule has 1 aliphatic rings. The average Bonchev–Trinajstić information content (AvgIpc) is 1.86. The minimum Gasteiger partial charge on any atom is -0.264 e. The highest BCUT2D eigenvalue weighted by molar-refractivity contribution is 4.93. The standard InChI is InChI=1S/C5H9N3O3/c1-2-5(8(10)11)3-7(4-5)6-9/h2-4H2,1H3. The van der Waals surface area contributed by atoms with Crippen molar-refractivity contribution in [2.75, 3.05) is 13.1 Å². The van der Waals surface area contributed by atoms with Gasteiger partial charge in [0.15, 0.2) is 0 Å². The highest BCUT2D eigenvalue weighted by Gasteiger charge is 2.53. The summed E-state index contributed by atoms with van der Waals surface area (Å²) in [6.45, 7) is 2.05. The number of rotatable bonds is 3. The van der Waals surface area contributed by atoms with Gasteiger partial charge in [-0.2, -0.15) is 0 Å². The molecule has 0 bridgehead atoms. The second-order valence-corrected chi connectivity index (χ2v) is 2.74. The van der Waals surface area contributed by atoms with Crippen LogP contribution in [0.25, 0.3) is 0 Å². The summed E-state index contributed by atoms with van der Waals surface area (Å²) in [5, 5.41) is 14.2. The van der Waals surface area contributed by atoms with Crippen molar-refractivity contribution < 1.29 is 4.92 Å². The molecule has 11 heavy (non-hydrogen) atoms. The fourth-order valence-corrected chi connectivity index (χ4v) is 1.16. The van der Waals surface area contributed by atoms with Gasteiger partial charge in [-0.05, 0) is 0 Å². The smallest absolute Gasteiger partial charge is 0.259 e. The van der Waals surface area contributed by atoms with Gasteiger partial charge in [0.1, 0.15) is 13.1 Å². The zero-order valence-corrected chi connectivity index (χ0v) is 6.19. The number of nitrogens with zero attached hydrogens (tertiary/aromatic N) is 3. The summed E-state index contributed by atoms with van der Waals surface area (Å²) in [7, 11) is 0. The highest BCUT2D eigenvalue weighted by Crippen LogP contribution is 2.27. The number of hydrogen-bond donors (Lipinski definition) is 0. The van der Waals surface area contributed by atoms with Crippen LogP contribution in [-0.4, -0.2) is 28.6 Å². The third kappa shape index (κ3) is 1.04. The van der Waals surface area contributed by atoms with Gasteiger partial charge in [-0.1, -0.05) is 6.92 Å². The van der Waals surface area contributed by atoms with Gasteiger partial charge < -0.3 is 0 Å². The zero-order valence-electron chi connectivity index (χ0n) is 6.19. The molecule has 0 unspecified atom stereocenters. The largest absolute Gasteiger partial charge is 0.264 e. The van der Waals surface area contributed by atoms with Crippen LogP contribution in [0.1, 0.15) is 13.3 Å².